The van der Waals surface area contributed by atoms with Gasteiger partial charge in [0.05, 0.1) is 10.9 Å². The molecule has 1 aliphatic rings. The minimum absolute atomic E-state index is 0.949. The highest BCUT2D eigenvalue weighted by atomic mass is 32.1. The summed E-state index contributed by atoms with van der Waals surface area (Å²) in [6, 6.07) is 12.7. The summed E-state index contributed by atoms with van der Waals surface area (Å²) in [5.41, 5.74) is 3.78. The molecule has 0 atom stereocenters. The zero-order chi connectivity index (χ0) is 14.8. The first-order valence-electron chi connectivity index (χ1n) is 7.34. The number of ether oxygens (including phenoxy) is 1. The Hall–Kier alpha value is -2.39. The fourth-order valence-corrected chi connectivity index (χ4v) is 4.41. The molecule has 2 nitrogen and oxygen atoms in total. The van der Waals surface area contributed by atoms with E-state index in [4.69, 9.17) is 4.74 Å². The lowest BCUT2D eigenvalue weighted by Crippen LogP contribution is -2.31. The number of hydrogen-bond acceptors (Lipinski definition) is 2. The van der Waals surface area contributed by atoms with Crippen LogP contribution in [0.15, 0.2) is 48.0 Å². The SMILES string of the molecule is Cc1c2c(cc3ccsc13)Oc1cccc3cc[n+](C)c-2c13. The summed E-state index contributed by atoms with van der Waals surface area (Å²) in [6.45, 7) is 2.20. The second-order valence-corrected chi connectivity index (χ2v) is 6.73. The normalized spacial score (nSPS) is 12.5. The van der Waals surface area contributed by atoms with Crippen molar-refractivity contribution in [2.75, 3.05) is 0 Å². The molecule has 0 N–H and O–H groups in total. The van der Waals surface area contributed by atoms with E-state index in [1.165, 1.54) is 37.7 Å². The summed E-state index contributed by atoms with van der Waals surface area (Å²) in [5, 5.41) is 5.84. The lowest BCUT2D eigenvalue weighted by Gasteiger charge is -2.20. The number of aromatic nitrogens is 1. The molecule has 106 valence electrons. The highest BCUT2D eigenvalue weighted by Gasteiger charge is 2.29. The highest BCUT2D eigenvalue weighted by molar-refractivity contribution is 7.17. The van der Waals surface area contributed by atoms with Crippen molar-refractivity contribution in [3.05, 3.63) is 53.5 Å². The fourth-order valence-electron chi connectivity index (χ4n) is 3.51. The quantitative estimate of drug-likeness (QED) is 0.369. The lowest BCUT2D eigenvalue weighted by molar-refractivity contribution is -0.659. The van der Waals surface area contributed by atoms with E-state index in [2.05, 4.69) is 66.5 Å². The predicted molar refractivity (Wildman–Crippen MR) is 90.8 cm³/mol. The molecule has 0 amide bonds. The Kier molecular flexibility index (Phi) is 2.26. The number of fused-ring (bicyclic) bond motifs is 3. The second kappa shape index (κ2) is 4.08. The highest BCUT2D eigenvalue weighted by Crippen LogP contribution is 2.48. The molecular weight excluding hydrogens is 290 g/mol. The standard InChI is InChI=1S/C19H14NOS/c1-11-16-15(10-13-7-9-22-19(11)13)21-14-5-3-4-12-6-8-20(2)18(16)17(12)14/h3-10H,1-2H3/q+1. The van der Waals surface area contributed by atoms with Crippen LogP contribution in [-0.2, 0) is 7.05 Å². The molecule has 0 unspecified atom stereocenters. The first-order valence-corrected chi connectivity index (χ1v) is 8.22. The van der Waals surface area contributed by atoms with E-state index in [1.807, 2.05) is 0 Å². The fraction of sp³-hybridized carbons (Fsp3) is 0.105. The van der Waals surface area contributed by atoms with Crippen molar-refractivity contribution in [1.82, 2.24) is 0 Å². The van der Waals surface area contributed by atoms with Crippen LogP contribution in [0.25, 0.3) is 32.1 Å². The number of rotatable bonds is 0. The second-order valence-electron chi connectivity index (χ2n) is 5.81. The Bertz CT molecular complexity index is 1080. The minimum atomic E-state index is 0.949. The van der Waals surface area contributed by atoms with E-state index in [0.717, 1.165) is 11.5 Å². The Balaban J connectivity index is 2.04. The molecule has 5 rings (SSSR count). The molecule has 2 aromatic heterocycles. The van der Waals surface area contributed by atoms with Gasteiger partial charge in [0.1, 0.15) is 18.5 Å². The van der Waals surface area contributed by atoms with Gasteiger partial charge in [-0.05, 0) is 46.8 Å². The van der Waals surface area contributed by atoms with Crippen molar-refractivity contribution in [2.45, 2.75) is 6.92 Å². The Morgan fingerprint density at radius 2 is 1.95 bits per heavy atom. The van der Waals surface area contributed by atoms with Crippen molar-refractivity contribution < 1.29 is 9.30 Å². The van der Waals surface area contributed by atoms with Crippen LogP contribution < -0.4 is 9.30 Å². The molecule has 0 aliphatic carbocycles. The van der Waals surface area contributed by atoms with Crippen LogP contribution in [0.1, 0.15) is 5.56 Å². The molecule has 3 heterocycles. The van der Waals surface area contributed by atoms with Crippen molar-refractivity contribution in [3.63, 3.8) is 0 Å². The third-order valence-corrected chi connectivity index (χ3v) is 5.58. The first-order chi connectivity index (χ1) is 10.7. The van der Waals surface area contributed by atoms with E-state index in [-0.39, 0.29) is 0 Å². The first kappa shape index (κ1) is 12.2. The molecule has 0 radical (unpaired) electrons. The molecule has 0 spiro atoms. The van der Waals surface area contributed by atoms with E-state index >= 15 is 0 Å². The summed E-state index contributed by atoms with van der Waals surface area (Å²) >= 11 is 1.80. The van der Waals surface area contributed by atoms with Crippen LogP contribution in [0.5, 0.6) is 11.5 Å². The van der Waals surface area contributed by atoms with Crippen LogP contribution >= 0.6 is 11.3 Å². The summed E-state index contributed by atoms with van der Waals surface area (Å²) in [7, 11) is 2.11. The zero-order valence-corrected chi connectivity index (χ0v) is 13.2. The molecule has 0 saturated heterocycles. The van der Waals surface area contributed by atoms with Crippen molar-refractivity contribution in [2.24, 2.45) is 7.05 Å². The van der Waals surface area contributed by atoms with Gasteiger partial charge in [0, 0.05) is 10.8 Å². The minimum Gasteiger partial charge on any atom is -0.456 e. The average Bonchev–Trinajstić information content (AvgIpc) is 2.99. The third-order valence-electron chi connectivity index (χ3n) is 4.53. The van der Waals surface area contributed by atoms with Gasteiger partial charge in [-0.2, -0.15) is 0 Å². The van der Waals surface area contributed by atoms with Crippen molar-refractivity contribution in [3.8, 4) is 22.8 Å². The van der Waals surface area contributed by atoms with E-state index in [0.29, 0.717) is 0 Å². The van der Waals surface area contributed by atoms with Crippen LogP contribution in [0.4, 0.5) is 0 Å². The maximum absolute atomic E-state index is 6.25. The van der Waals surface area contributed by atoms with Gasteiger partial charge in [0.15, 0.2) is 6.20 Å². The molecule has 2 aromatic carbocycles. The van der Waals surface area contributed by atoms with Gasteiger partial charge in [-0.15, -0.1) is 11.3 Å². The molecule has 3 heteroatoms. The number of thiophene rings is 1. The molecule has 22 heavy (non-hydrogen) atoms. The number of nitrogens with zero attached hydrogens (tertiary/aromatic N) is 1. The molecular formula is C19H14NOS+. The zero-order valence-electron chi connectivity index (χ0n) is 12.4. The largest absolute Gasteiger partial charge is 0.456 e. The van der Waals surface area contributed by atoms with Gasteiger partial charge in [-0.1, -0.05) is 12.1 Å². The van der Waals surface area contributed by atoms with Gasteiger partial charge in [-0.25, -0.2) is 4.57 Å². The summed E-state index contributed by atoms with van der Waals surface area (Å²) in [4.78, 5) is 0. The van der Waals surface area contributed by atoms with Gasteiger partial charge < -0.3 is 4.74 Å². The maximum Gasteiger partial charge on any atom is 0.228 e. The van der Waals surface area contributed by atoms with Gasteiger partial charge in [0.2, 0.25) is 5.69 Å². The predicted octanol–water partition coefficient (Wildman–Crippen LogP) is 4.96. The number of aryl methyl sites for hydroxylation is 2. The van der Waals surface area contributed by atoms with Gasteiger partial charge in [-0.3, -0.25) is 0 Å². The molecule has 0 bridgehead atoms. The summed E-state index contributed by atoms with van der Waals surface area (Å²) in [5.74, 6) is 1.91. The van der Waals surface area contributed by atoms with E-state index < -0.39 is 0 Å². The number of hydrogen-bond donors (Lipinski definition) is 0. The van der Waals surface area contributed by atoms with Crippen LogP contribution in [0.3, 0.4) is 0 Å². The molecule has 1 aliphatic heterocycles. The van der Waals surface area contributed by atoms with Gasteiger partial charge >= 0.3 is 0 Å². The Morgan fingerprint density at radius 3 is 2.86 bits per heavy atom. The molecule has 4 aromatic rings. The topological polar surface area (TPSA) is 13.1 Å². The number of benzene rings is 2. The smallest absolute Gasteiger partial charge is 0.228 e. The number of pyridine rings is 1. The lowest BCUT2D eigenvalue weighted by atomic mass is 9.95. The Morgan fingerprint density at radius 1 is 1.05 bits per heavy atom. The van der Waals surface area contributed by atoms with Crippen molar-refractivity contribution >= 4 is 32.2 Å². The van der Waals surface area contributed by atoms with Crippen LogP contribution in [0.2, 0.25) is 0 Å². The van der Waals surface area contributed by atoms with Gasteiger partial charge in [0.25, 0.3) is 0 Å². The Labute approximate surface area is 132 Å². The molecule has 0 saturated carbocycles. The maximum atomic E-state index is 6.25. The van der Waals surface area contributed by atoms with Crippen LogP contribution in [-0.4, -0.2) is 0 Å². The van der Waals surface area contributed by atoms with E-state index in [9.17, 15) is 0 Å². The summed E-state index contributed by atoms with van der Waals surface area (Å²) < 4.78 is 9.81. The van der Waals surface area contributed by atoms with Crippen molar-refractivity contribution in [1.29, 1.82) is 0 Å². The van der Waals surface area contributed by atoms with E-state index in [1.54, 1.807) is 11.3 Å². The molecule has 0 fully saturated rings. The monoisotopic (exact) mass is 304 g/mol. The summed E-state index contributed by atoms with van der Waals surface area (Å²) in [6.07, 6.45) is 2.13. The third kappa shape index (κ3) is 1.41. The van der Waals surface area contributed by atoms with Crippen LogP contribution in [0, 0.1) is 6.92 Å². The average molecular weight is 304 g/mol.